The van der Waals surface area contributed by atoms with Gasteiger partial charge < -0.3 is 4.43 Å². The van der Waals surface area contributed by atoms with E-state index in [2.05, 4.69) is 73.5 Å². The second kappa shape index (κ2) is 9.56. The van der Waals surface area contributed by atoms with Gasteiger partial charge in [0.25, 0.3) is 0 Å². The lowest BCUT2D eigenvalue weighted by atomic mass is 10.0. The monoisotopic (exact) mass is 396 g/mol. The fourth-order valence-corrected chi connectivity index (χ4v) is 3.35. The van der Waals surface area contributed by atoms with Crippen LogP contribution in [0.5, 0.6) is 0 Å². The van der Waals surface area contributed by atoms with Gasteiger partial charge in [-0.1, -0.05) is 82.0 Å². The highest BCUT2D eigenvalue weighted by atomic mass is 127. The van der Waals surface area contributed by atoms with E-state index in [1.165, 1.54) is 32.1 Å². The minimum Gasteiger partial charge on any atom is -0.416 e. The predicted octanol–water partition coefficient (Wildman–Crippen LogP) is 6.54. The molecule has 0 unspecified atom stereocenters. The molecule has 0 aromatic rings. The Bertz CT molecular complexity index is 256. The number of rotatable bonds is 9. The van der Waals surface area contributed by atoms with Gasteiger partial charge in [0, 0.05) is 6.61 Å². The maximum Gasteiger partial charge on any atom is 0.192 e. The Morgan fingerprint density at radius 2 is 1.79 bits per heavy atom. The Morgan fingerprint density at radius 3 is 2.26 bits per heavy atom. The van der Waals surface area contributed by atoms with Gasteiger partial charge in [0.1, 0.15) is 0 Å². The van der Waals surface area contributed by atoms with Crippen molar-refractivity contribution in [2.24, 2.45) is 5.92 Å². The van der Waals surface area contributed by atoms with Crippen LogP contribution in [0.1, 0.15) is 59.8 Å². The Morgan fingerprint density at radius 1 is 1.16 bits per heavy atom. The zero-order valence-corrected chi connectivity index (χ0v) is 16.9. The summed E-state index contributed by atoms with van der Waals surface area (Å²) in [7, 11) is -1.59. The molecule has 0 bridgehead atoms. The van der Waals surface area contributed by atoms with Gasteiger partial charge in [0.05, 0.1) is 0 Å². The topological polar surface area (TPSA) is 9.23 Å². The van der Waals surface area contributed by atoms with Crippen molar-refractivity contribution >= 4 is 30.9 Å². The molecule has 0 aliphatic rings. The third kappa shape index (κ3) is 8.51. The van der Waals surface area contributed by atoms with Crippen LogP contribution in [0.25, 0.3) is 0 Å². The normalized spacial score (nSPS) is 15.1. The molecular formula is C16H33IOSi. The van der Waals surface area contributed by atoms with E-state index in [0.29, 0.717) is 11.0 Å². The first kappa shape index (κ1) is 19.6. The van der Waals surface area contributed by atoms with E-state index in [0.717, 1.165) is 6.61 Å². The summed E-state index contributed by atoms with van der Waals surface area (Å²) >= 11 is 2.32. The van der Waals surface area contributed by atoms with Crippen molar-refractivity contribution in [1.82, 2.24) is 0 Å². The predicted molar refractivity (Wildman–Crippen MR) is 98.6 cm³/mol. The van der Waals surface area contributed by atoms with Crippen molar-refractivity contribution in [1.29, 1.82) is 0 Å². The molecule has 0 aromatic carbocycles. The molecule has 0 spiro atoms. The average molecular weight is 396 g/mol. The minimum absolute atomic E-state index is 0.313. The summed E-state index contributed by atoms with van der Waals surface area (Å²) in [6.45, 7) is 14.8. The molecule has 0 radical (unpaired) electrons. The molecule has 0 rings (SSSR count). The van der Waals surface area contributed by atoms with Crippen LogP contribution in [-0.4, -0.2) is 14.9 Å². The molecule has 19 heavy (non-hydrogen) atoms. The molecule has 0 saturated carbocycles. The minimum atomic E-state index is -1.59. The Balaban J connectivity index is 4.21. The molecule has 1 atom stereocenters. The zero-order valence-electron chi connectivity index (χ0n) is 13.8. The molecule has 0 aliphatic carbocycles. The van der Waals surface area contributed by atoms with E-state index in [1.54, 1.807) is 0 Å². The summed E-state index contributed by atoms with van der Waals surface area (Å²) in [5.41, 5.74) is 0. The highest BCUT2D eigenvalue weighted by molar-refractivity contribution is 14.1. The van der Waals surface area contributed by atoms with Crippen LogP contribution in [0.2, 0.25) is 18.1 Å². The fourth-order valence-electron chi connectivity index (χ4n) is 1.70. The quantitative estimate of drug-likeness (QED) is 0.244. The van der Waals surface area contributed by atoms with E-state index in [-0.39, 0.29) is 0 Å². The van der Waals surface area contributed by atoms with Crippen molar-refractivity contribution in [2.45, 2.75) is 77.9 Å². The Hall–Kier alpha value is 0.647. The van der Waals surface area contributed by atoms with E-state index >= 15 is 0 Å². The molecule has 0 aliphatic heterocycles. The van der Waals surface area contributed by atoms with Crippen LogP contribution in [0.15, 0.2) is 10.2 Å². The summed E-state index contributed by atoms with van der Waals surface area (Å²) < 4.78 is 8.50. The van der Waals surface area contributed by atoms with Crippen LogP contribution < -0.4 is 0 Å². The highest BCUT2D eigenvalue weighted by Gasteiger charge is 2.37. The van der Waals surface area contributed by atoms with Gasteiger partial charge in [-0.3, -0.25) is 0 Å². The molecule has 0 aromatic heterocycles. The lowest BCUT2D eigenvalue weighted by Gasteiger charge is -2.37. The Labute approximate surface area is 135 Å². The van der Waals surface area contributed by atoms with Gasteiger partial charge in [-0.25, -0.2) is 0 Å². The largest absolute Gasteiger partial charge is 0.416 e. The van der Waals surface area contributed by atoms with Crippen LogP contribution in [-0.2, 0) is 4.43 Å². The zero-order chi connectivity index (χ0) is 14.9. The number of unbranched alkanes of at least 4 members (excludes halogenated alkanes) is 3. The maximum atomic E-state index is 6.35. The molecule has 0 amide bonds. The second-order valence-corrected chi connectivity index (χ2v) is 12.5. The van der Waals surface area contributed by atoms with Gasteiger partial charge in [0.2, 0.25) is 0 Å². The van der Waals surface area contributed by atoms with E-state index in [9.17, 15) is 0 Å². The molecule has 0 heterocycles. The molecule has 3 heteroatoms. The van der Waals surface area contributed by atoms with Crippen LogP contribution in [0.4, 0.5) is 0 Å². The van der Waals surface area contributed by atoms with Gasteiger partial charge in [-0.15, -0.1) is 0 Å². The Kier molecular flexibility index (Phi) is 9.88. The van der Waals surface area contributed by atoms with Crippen LogP contribution in [0, 0.1) is 5.92 Å². The van der Waals surface area contributed by atoms with Gasteiger partial charge in [-0.05, 0) is 34.6 Å². The third-order valence-corrected chi connectivity index (χ3v) is 9.15. The SMILES string of the molecule is CCCCCC[C@@H](C=CI)CO[Si](C)(C)C(C)(C)C. The molecule has 1 nitrogen and oxygen atoms in total. The molecule has 0 saturated heterocycles. The standard InChI is InChI=1S/C16H33IOSi/c1-7-8-9-10-11-15(12-13-17)14-18-19(5,6)16(2,3)4/h12-13,15H,7-11,14H2,1-6H3/t15-/m0/s1. The first-order valence-electron chi connectivity index (χ1n) is 7.65. The van der Waals surface area contributed by atoms with E-state index in [1.807, 2.05) is 0 Å². The first-order chi connectivity index (χ1) is 8.74. The smallest absolute Gasteiger partial charge is 0.192 e. The van der Waals surface area contributed by atoms with Crippen molar-refractivity contribution in [3.05, 3.63) is 10.2 Å². The number of hydrogen-bond donors (Lipinski definition) is 0. The molecule has 0 fully saturated rings. The second-order valence-electron chi connectivity index (χ2n) is 7.00. The van der Waals surface area contributed by atoms with Crippen molar-refractivity contribution in [3.8, 4) is 0 Å². The summed E-state index contributed by atoms with van der Waals surface area (Å²) in [5.74, 6) is 0.600. The van der Waals surface area contributed by atoms with Crippen molar-refractivity contribution in [3.63, 3.8) is 0 Å². The van der Waals surface area contributed by atoms with Crippen LogP contribution in [0.3, 0.4) is 0 Å². The van der Waals surface area contributed by atoms with Gasteiger partial charge >= 0.3 is 0 Å². The van der Waals surface area contributed by atoms with Gasteiger partial charge in [0.15, 0.2) is 8.32 Å². The summed E-state index contributed by atoms with van der Waals surface area (Å²) in [6, 6.07) is 0. The summed E-state index contributed by atoms with van der Waals surface area (Å²) in [5, 5.41) is 0.313. The molecule has 114 valence electrons. The summed E-state index contributed by atoms with van der Waals surface area (Å²) in [4.78, 5) is 0. The average Bonchev–Trinajstić information content (AvgIpc) is 2.30. The van der Waals surface area contributed by atoms with Crippen molar-refractivity contribution < 1.29 is 4.43 Å². The maximum absolute atomic E-state index is 6.35. The highest BCUT2D eigenvalue weighted by Crippen LogP contribution is 2.37. The van der Waals surface area contributed by atoms with E-state index < -0.39 is 8.32 Å². The first-order valence-corrected chi connectivity index (χ1v) is 11.8. The lowest BCUT2D eigenvalue weighted by Crippen LogP contribution is -2.41. The molecular weight excluding hydrogens is 363 g/mol. The number of halogens is 1. The van der Waals surface area contributed by atoms with Gasteiger partial charge in [-0.2, -0.15) is 0 Å². The fraction of sp³-hybridized carbons (Fsp3) is 0.875. The van der Waals surface area contributed by atoms with E-state index in [4.69, 9.17) is 4.43 Å². The molecule has 0 N–H and O–H groups in total. The van der Waals surface area contributed by atoms with Crippen LogP contribution >= 0.6 is 22.6 Å². The number of hydrogen-bond acceptors (Lipinski definition) is 1. The van der Waals surface area contributed by atoms with Crippen molar-refractivity contribution in [2.75, 3.05) is 6.61 Å². The summed E-state index contributed by atoms with van der Waals surface area (Å²) in [6.07, 6.45) is 8.97. The third-order valence-electron chi connectivity index (χ3n) is 4.24. The lowest BCUT2D eigenvalue weighted by molar-refractivity contribution is 0.243.